The van der Waals surface area contributed by atoms with Gasteiger partial charge in [-0.15, -0.1) is 12.4 Å². The van der Waals surface area contributed by atoms with Crippen LogP contribution >= 0.6 is 12.4 Å². The first-order chi connectivity index (χ1) is 10.7. The minimum absolute atomic E-state index is 0. The zero-order chi connectivity index (χ0) is 15.1. The average molecular weight is 334 g/mol. The van der Waals surface area contributed by atoms with Crippen LogP contribution in [0.15, 0.2) is 30.9 Å². The Hall–Kier alpha value is -1.92. The molecule has 2 atom stereocenters. The molecule has 6 nitrogen and oxygen atoms in total. The van der Waals surface area contributed by atoms with Gasteiger partial charge in [0.05, 0.1) is 5.69 Å². The van der Waals surface area contributed by atoms with Gasteiger partial charge in [-0.25, -0.2) is 9.67 Å². The maximum atomic E-state index is 12.7. The maximum Gasteiger partial charge on any atom is 0.253 e. The highest BCUT2D eigenvalue weighted by Gasteiger charge is 2.38. The van der Waals surface area contributed by atoms with Crippen molar-refractivity contribution < 1.29 is 4.79 Å². The number of benzene rings is 1. The van der Waals surface area contributed by atoms with Crippen LogP contribution in [-0.4, -0.2) is 51.8 Å². The van der Waals surface area contributed by atoms with Gasteiger partial charge in [0.2, 0.25) is 0 Å². The molecule has 0 radical (unpaired) electrons. The van der Waals surface area contributed by atoms with E-state index in [1.54, 1.807) is 11.0 Å². The van der Waals surface area contributed by atoms with Gasteiger partial charge < -0.3 is 10.2 Å². The molecule has 0 aliphatic carbocycles. The Balaban J connectivity index is 0.00000156. The van der Waals surface area contributed by atoms with Crippen molar-refractivity contribution in [2.45, 2.75) is 6.92 Å². The normalized spacial score (nSPS) is 22.7. The minimum atomic E-state index is 0. The molecule has 1 aromatic carbocycles. The lowest BCUT2D eigenvalue weighted by Gasteiger charge is -2.18. The topological polar surface area (TPSA) is 63.1 Å². The molecule has 1 N–H and O–H groups in total. The van der Waals surface area contributed by atoms with Crippen LogP contribution in [0.25, 0.3) is 5.69 Å². The SMILES string of the molecule is Cc1cc(C(=O)N2C[C@H]3CNC[C@H]3C2)ccc1-n1cncn1.Cl. The van der Waals surface area contributed by atoms with Crippen LogP contribution < -0.4 is 5.32 Å². The number of carbonyl (C=O) groups excluding carboxylic acids is 1. The van der Waals surface area contributed by atoms with Crippen molar-refractivity contribution in [3.05, 3.63) is 42.0 Å². The Morgan fingerprint density at radius 3 is 2.61 bits per heavy atom. The lowest BCUT2D eigenvalue weighted by molar-refractivity contribution is 0.0781. The molecule has 2 saturated heterocycles. The molecule has 1 amide bonds. The molecule has 7 heteroatoms. The first kappa shape index (κ1) is 16.0. The van der Waals surface area contributed by atoms with Crippen molar-refractivity contribution in [1.82, 2.24) is 25.0 Å². The number of carbonyl (C=O) groups is 1. The van der Waals surface area contributed by atoms with Crippen LogP contribution in [0.1, 0.15) is 15.9 Å². The van der Waals surface area contributed by atoms with E-state index < -0.39 is 0 Å². The van der Waals surface area contributed by atoms with Gasteiger partial charge in [-0.05, 0) is 42.5 Å². The molecule has 3 heterocycles. The molecule has 0 bridgehead atoms. The van der Waals surface area contributed by atoms with Crippen LogP contribution in [0.4, 0.5) is 0 Å². The number of aromatic nitrogens is 3. The summed E-state index contributed by atoms with van der Waals surface area (Å²) in [5.41, 5.74) is 2.74. The third-order valence-electron chi connectivity index (χ3n) is 4.79. The number of rotatable bonds is 2. The van der Waals surface area contributed by atoms with E-state index in [1.165, 1.54) is 6.33 Å². The predicted molar refractivity (Wildman–Crippen MR) is 89.1 cm³/mol. The Morgan fingerprint density at radius 2 is 2.00 bits per heavy atom. The van der Waals surface area contributed by atoms with Gasteiger partial charge in [0.15, 0.2) is 0 Å². The zero-order valence-corrected chi connectivity index (χ0v) is 13.8. The average Bonchev–Trinajstić information content (AvgIpc) is 3.22. The van der Waals surface area contributed by atoms with E-state index in [0.717, 1.165) is 43.0 Å². The Bertz CT molecular complexity index is 691. The number of halogens is 1. The third-order valence-corrected chi connectivity index (χ3v) is 4.79. The van der Waals surface area contributed by atoms with Gasteiger partial charge in [-0.1, -0.05) is 0 Å². The predicted octanol–water partition coefficient (Wildman–Crippen LogP) is 1.29. The fourth-order valence-electron chi connectivity index (χ4n) is 3.58. The third kappa shape index (κ3) is 2.84. The van der Waals surface area contributed by atoms with Gasteiger partial charge in [0.25, 0.3) is 5.91 Å². The molecule has 2 aliphatic heterocycles. The molecule has 0 saturated carbocycles. The van der Waals surface area contributed by atoms with Gasteiger partial charge in [-0.3, -0.25) is 4.79 Å². The van der Waals surface area contributed by atoms with E-state index in [4.69, 9.17) is 0 Å². The second-order valence-electron chi connectivity index (χ2n) is 6.23. The number of nitrogens with one attached hydrogen (secondary N) is 1. The molecule has 2 aliphatic rings. The van der Waals surface area contributed by atoms with Crippen molar-refractivity contribution in [1.29, 1.82) is 0 Å². The van der Waals surface area contributed by atoms with Gasteiger partial charge in [0.1, 0.15) is 12.7 Å². The number of fused-ring (bicyclic) bond motifs is 1. The van der Waals surface area contributed by atoms with Gasteiger partial charge >= 0.3 is 0 Å². The molecule has 0 unspecified atom stereocenters. The second kappa shape index (κ2) is 6.29. The maximum absolute atomic E-state index is 12.7. The molecular weight excluding hydrogens is 314 g/mol. The summed E-state index contributed by atoms with van der Waals surface area (Å²) in [6, 6.07) is 5.78. The summed E-state index contributed by atoms with van der Waals surface area (Å²) < 4.78 is 1.72. The highest BCUT2D eigenvalue weighted by Crippen LogP contribution is 2.27. The Kier molecular flexibility index (Phi) is 4.37. The Morgan fingerprint density at radius 1 is 1.26 bits per heavy atom. The lowest BCUT2D eigenvalue weighted by atomic mass is 10.0. The molecule has 4 rings (SSSR count). The number of amides is 1. The number of hydrogen-bond donors (Lipinski definition) is 1. The molecule has 2 aromatic rings. The molecule has 1 aromatic heterocycles. The van der Waals surface area contributed by atoms with Gasteiger partial charge in [-0.2, -0.15) is 5.10 Å². The largest absolute Gasteiger partial charge is 0.338 e. The number of aryl methyl sites for hydroxylation is 1. The fourth-order valence-corrected chi connectivity index (χ4v) is 3.58. The van der Waals surface area contributed by atoms with Crippen molar-refractivity contribution in [3.8, 4) is 5.69 Å². The summed E-state index contributed by atoms with van der Waals surface area (Å²) in [4.78, 5) is 18.7. The first-order valence-electron chi connectivity index (χ1n) is 7.68. The molecular formula is C16H20ClN5O. The van der Waals surface area contributed by atoms with E-state index in [-0.39, 0.29) is 18.3 Å². The van der Waals surface area contributed by atoms with E-state index in [2.05, 4.69) is 15.4 Å². The minimum Gasteiger partial charge on any atom is -0.338 e. The first-order valence-corrected chi connectivity index (χ1v) is 7.68. The van der Waals surface area contributed by atoms with Crippen LogP contribution in [0.3, 0.4) is 0 Å². The van der Waals surface area contributed by atoms with Crippen LogP contribution in [-0.2, 0) is 0 Å². The van der Waals surface area contributed by atoms with Crippen molar-refractivity contribution in [2.75, 3.05) is 26.2 Å². The zero-order valence-electron chi connectivity index (χ0n) is 13.0. The standard InChI is InChI=1S/C16H19N5O.ClH/c1-11-4-12(2-3-15(11)21-10-18-9-19-21)16(22)20-7-13-5-17-6-14(13)8-20;/h2-4,9-10,13-14,17H,5-8H2,1H3;1H/t13-,14+;. The fraction of sp³-hybridized carbons (Fsp3) is 0.438. The van der Waals surface area contributed by atoms with E-state index in [0.29, 0.717) is 11.8 Å². The van der Waals surface area contributed by atoms with Crippen molar-refractivity contribution in [3.63, 3.8) is 0 Å². The van der Waals surface area contributed by atoms with Crippen LogP contribution in [0.2, 0.25) is 0 Å². The van der Waals surface area contributed by atoms with E-state index >= 15 is 0 Å². The highest BCUT2D eigenvalue weighted by molar-refractivity contribution is 5.95. The smallest absolute Gasteiger partial charge is 0.253 e. The molecule has 2 fully saturated rings. The highest BCUT2D eigenvalue weighted by atomic mass is 35.5. The van der Waals surface area contributed by atoms with Crippen molar-refractivity contribution in [2.24, 2.45) is 11.8 Å². The summed E-state index contributed by atoms with van der Waals surface area (Å²) in [6.07, 6.45) is 3.17. The van der Waals surface area contributed by atoms with Crippen LogP contribution in [0.5, 0.6) is 0 Å². The number of likely N-dealkylation sites (tertiary alicyclic amines) is 1. The van der Waals surface area contributed by atoms with Crippen LogP contribution in [0, 0.1) is 18.8 Å². The second-order valence-corrected chi connectivity index (χ2v) is 6.23. The molecule has 23 heavy (non-hydrogen) atoms. The number of hydrogen-bond acceptors (Lipinski definition) is 4. The summed E-state index contributed by atoms with van der Waals surface area (Å²) in [6.45, 7) is 5.83. The molecule has 122 valence electrons. The lowest BCUT2D eigenvalue weighted by Crippen LogP contribution is -2.31. The van der Waals surface area contributed by atoms with E-state index in [9.17, 15) is 4.79 Å². The summed E-state index contributed by atoms with van der Waals surface area (Å²) >= 11 is 0. The van der Waals surface area contributed by atoms with Crippen molar-refractivity contribution >= 4 is 18.3 Å². The van der Waals surface area contributed by atoms with Gasteiger partial charge in [0, 0.05) is 31.7 Å². The molecule has 0 spiro atoms. The van der Waals surface area contributed by atoms with E-state index in [1.807, 2.05) is 30.0 Å². The summed E-state index contributed by atoms with van der Waals surface area (Å²) in [5.74, 6) is 1.39. The quantitative estimate of drug-likeness (QED) is 0.899. The monoisotopic (exact) mass is 333 g/mol. The number of nitrogens with zero attached hydrogens (tertiary/aromatic N) is 4. The summed E-state index contributed by atoms with van der Waals surface area (Å²) in [5, 5.41) is 7.54. The summed E-state index contributed by atoms with van der Waals surface area (Å²) in [7, 11) is 0. The Labute approximate surface area is 141 Å².